The van der Waals surface area contributed by atoms with Crippen molar-refractivity contribution >= 4 is 33.5 Å². The molecule has 8 heteroatoms. The maximum absolute atomic E-state index is 12.0. The summed E-state index contributed by atoms with van der Waals surface area (Å²) in [6.45, 7) is 5.81. The molecule has 0 aliphatic rings. The van der Waals surface area contributed by atoms with Gasteiger partial charge in [0.15, 0.2) is 5.96 Å². The van der Waals surface area contributed by atoms with Crippen molar-refractivity contribution in [1.29, 1.82) is 0 Å². The highest BCUT2D eigenvalue weighted by molar-refractivity contribution is 9.10. The lowest BCUT2D eigenvalue weighted by Crippen LogP contribution is -2.38. The van der Waals surface area contributed by atoms with Gasteiger partial charge in [-0.2, -0.15) is 0 Å². The number of halogens is 1. The van der Waals surface area contributed by atoms with Crippen LogP contribution in [0.25, 0.3) is 0 Å². The summed E-state index contributed by atoms with van der Waals surface area (Å²) >= 11 is 3.37. The molecule has 1 rings (SSSR count). The first-order valence-electron chi connectivity index (χ1n) is 8.80. The van der Waals surface area contributed by atoms with E-state index in [1.165, 1.54) is 0 Å². The van der Waals surface area contributed by atoms with Gasteiger partial charge in [-0.15, -0.1) is 0 Å². The second-order valence-corrected chi connectivity index (χ2v) is 6.37. The van der Waals surface area contributed by atoms with Gasteiger partial charge >= 0.3 is 0 Å². The Labute approximate surface area is 164 Å². The lowest BCUT2D eigenvalue weighted by atomic mass is 10.3. The number of carbonyl (C=O) groups is 1. The molecular weight excluding hydrogens is 400 g/mol. The lowest BCUT2D eigenvalue weighted by Gasteiger charge is -2.11. The van der Waals surface area contributed by atoms with Gasteiger partial charge in [-0.1, -0.05) is 15.9 Å². The van der Waals surface area contributed by atoms with Crippen LogP contribution in [-0.2, 0) is 14.3 Å². The van der Waals surface area contributed by atoms with Crippen molar-refractivity contribution in [2.75, 3.05) is 51.9 Å². The largest absolute Gasteiger partial charge is 0.382 e. The molecule has 0 unspecified atom stereocenters. The molecule has 0 aliphatic carbocycles. The van der Waals surface area contributed by atoms with E-state index in [1.54, 1.807) is 7.11 Å². The van der Waals surface area contributed by atoms with Crippen molar-refractivity contribution < 1.29 is 14.3 Å². The zero-order valence-corrected chi connectivity index (χ0v) is 17.1. The number of anilines is 1. The Balaban J connectivity index is 2.23. The highest BCUT2D eigenvalue weighted by atomic mass is 79.9. The third kappa shape index (κ3) is 11.1. The van der Waals surface area contributed by atoms with Gasteiger partial charge in [0.1, 0.15) is 0 Å². The maximum Gasteiger partial charge on any atom is 0.226 e. The van der Waals surface area contributed by atoms with Crippen LogP contribution in [0.3, 0.4) is 0 Å². The zero-order valence-electron chi connectivity index (χ0n) is 15.5. The normalized spacial score (nSPS) is 11.3. The Morgan fingerprint density at radius 2 is 1.92 bits per heavy atom. The fourth-order valence-corrected chi connectivity index (χ4v) is 2.26. The topological polar surface area (TPSA) is 84.0 Å². The van der Waals surface area contributed by atoms with Crippen LogP contribution < -0.4 is 16.0 Å². The van der Waals surface area contributed by atoms with Crippen molar-refractivity contribution in [2.45, 2.75) is 19.8 Å². The summed E-state index contributed by atoms with van der Waals surface area (Å²) in [5.74, 6) is 0.669. The lowest BCUT2D eigenvalue weighted by molar-refractivity contribution is -0.116. The van der Waals surface area contributed by atoms with E-state index in [4.69, 9.17) is 9.47 Å². The molecule has 1 aromatic carbocycles. The number of guanidine groups is 1. The molecule has 26 heavy (non-hydrogen) atoms. The monoisotopic (exact) mass is 428 g/mol. The summed E-state index contributed by atoms with van der Waals surface area (Å²) in [6, 6.07) is 7.50. The van der Waals surface area contributed by atoms with Gasteiger partial charge in [0, 0.05) is 49.9 Å². The number of ether oxygens (including phenoxy) is 2. The minimum atomic E-state index is -0.0396. The number of carbonyl (C=O) groups excluding carboxylic acids is 1. The minimum Gasteiger partial charge on any atom is -0.382 e. The average molecular weight is 429 g/mol. The molecule has 146 valence electrons. The summed E-state index contributed by atoms with van der Waals surface area (Å²) in [6.07, 6.45) is 1.20. The highest BCUT2D eigenvalue weighted by Gasteiger charge is 2.03. The summed E-state index contributed by atoms with van der Waals surface area (Å²) in [7, 11) is 1.65. The summed E-state index contributed by atoms with van der Waals surface area (Å²) in [5, 5.41) is 9.20. The maximum atomic E-state index is 12.0. The van der Waals surface area contributed by atoms with Crippen LogP contribution in [0.1, 0.15) is 19.8 Å². The van der Waals surface area contributed by atoms with Gasteiger partial charge in [-0.25, -0.2) is 0 Å². The zero-order chi connectivity index (χ0) is 19.0. The van der Waals surface area contributed by atoms with Crippen molar-refractivity contribution in [2.24, 2.45) is 4.99 Å². The van der Waals surface area contributed by atoms with Crippen molar-refractivity contribution in [3.05, 3.63) is 28.7 Å². The Morgan fingerprint density at radius 1 is 1.15 bits per heavy atom. The Hall–Kier alpha value is -1.64. The summed E-state index contributed by atoms with van der Waals surface area (Å²) in [4.78, 5) is 16.4. The second kappa shape index (κ2) is 14.5. The molecule has 0 aliphatic heterocycles. The van der Waals surface area contributed by atoms with Crippen LogP contribution in [0.2, 0.25) is 0 Å². The summed E-state index contributed by atoms with van der Waals surface area (Å²) < 4.78 is 11.3. The molecule has 0 saturated carbocycles. The van der Waals surface area contributed by atoms with Crippen molar-refractivity contribution in [3.63, 3.8) is 0 Å². The standard InChI is InChI=1S/C18H29BrN4O3/c1-3-20-18(21-10-4-12-26-14-13-25-2)22-11-9-17(24)23-16-7-5-15(19)6-8-16/h5-8H,3-4,9-14H2,1-2H3,(H,23,24)(H2,20,21,22). The minimum absolute atomic E-state index is 0.0396. The third-order valence-electron chi connectivity index (χ3n) is 3.27. The number of aliphatic imine (C=N–C) groups is 1. The predicted octanol–water partition coefficient (Wildman–Crippen LogP) is 2.39. The van der Waals surface area contributed by atoms with Crippen LogP contribution in [0, 0.1) is 0 Å². The number of nitrogens with one attached hydrogen (secondary N) is 3. The second-order valence-electron chi connectivity index (χ2n) is 5.45. The SMILES string of the molecule is CCNC(=NCCCOCCOC)NCCC(=O)Nc1ccc(Br)cc1. The number of hydrogen-bond donors (Lipinski definition) is 3. The van der Waals surface area contributed by atoms with Crippen LogP contribution in [-0.4, -0.2) is 58.4 Å². The fraction of sp³-hybridized carbons (Fsp3) is 0.556. The van der Waals surface area contributed by atoms with E-state index < -0.39 is 0 Å². The number of nitrogens with zero attached hydrogens (tertiary/aromatic N) is 1. The highest BCUT2D eigenvalue weighted by Crippen LogP contribution is 2.14. The number of amides is 1. The van der Waals surface area contributed by atoms with Gasteiger partial charge < -0.3 is 25.4 Å². The van der Waals surface area contributed by atoms with E-state index in [9.17, 15) is 4.79 Å². The molecule has 0 bridgehead atoms. The van der Waals surface area contributed by atoms with E-state index in [1.807, 2.05) is 31.2 Å². The number of hydrogen-bond acceptors (Lipinski definition) is 4. The average Bonchev–Trinajstić information content (AvgIpc) is 2.63. The predicted molar refractivity (Wildman–Crippen MR) is 109 cm³/mol. The number of rotatable bonds is 12. The first-order valence-corrected chi connectivity index (χ1v) is 9.59. The molecule has 0 heterocycles. The molecule has 1 amide bonds. The van der Waals surface area contributed by atoms with E-state index in [0.29, 0.717) is 45.3 Å². The first-order chi connectivity index (χ1) is 12.7. The third-order valence-corrected chi connectivity index (χ3v) is 3.79. The van der Waals surface area contributed by atoms with Crippen LogP contribution >= 0.6 is 15.9 Å². The van der Waals surface area contributed by atoms with E-state index >= 15 is 0 Å². The molecule has 0 fully saturated rings. The van der Waals surface area contributed by atoms with E-state index in [0.717, 1.165) is 23.1 Å². The van der Waals surface area contributed by atoms with Gasteiger partial charge in [0.2, 0.25) is 5.91 Å². The molecule has 0 atom stereocenters. The van der Waals surface area contributed by atoms with E-state index in [2.05, 4.69) is 36.9 Å². The molecule has 0 radical (unpaired) electrons. The van der Waals surface area contributed by atoms with Crippen LogP contribution in [0.5, 0.6) is 0 Å². The molecule has 3 N–H and O–H groups in total. The molecule has 0 aromatic heterocycles. The molecule has 1 aromatic rings. The van der Waals surface area contributed by atoms with Crippen molar-refractivity contribution in [1.82, 2.24) is 10.6 Å². The molecule has 0 spiro atoms. The Bertz CT molecular complexity index is 538. The quantitative estimate of drug-likeness (QED) is 0.270. The molecule has 0 saturated heterocycles. The van der Waals surface area contributed by atoms with Gasteiger partial charge in [-0.05, 0) is 37.6 Å². The molecule has 7 nitrogen and oxygen atoms in total. The molecular formula is C18H29BrN4O3. The number of benzene rings is 1. The van der Waals surface area contributed by atoms with Gasteiger partial charge in [0.05, 0.1) is 13.2 Å². The Morgan fingerprint density at radius 3 is 2.62 bits per heavy atom. The van der Waals surface area contributed by atoms with Gasteiger partial charge in [-0.3, -0.25) is 9.79 Å². The van der Waals surface area contributed by atoms with Crippen molar-refractivity contribution in [3.8, 4) is 0 Å². The summed E-state index contributed by atoms with van der Waals surface area (Å²) in [5.41, 5.74) is 0.784. The van der Waals surface area contributed by atoms with Crippen LogP contribution in [0.15, 0.2) is 33.7 Å². The van der Waals surface area contributed by atoms with Gasteiger partial charge in [0.25, 0.3) is 0 Å². The fourth-order valence-electron chi connectivity index (χ4n) is 1.99. The number of methoxy groups -OCH3 is 1. The smallest absolute Gasteiger partial charge is 0.226 e. The Kier molecular flexibility index (Phi) is 12.5. The van der Waals surface area contributed by atoms with Crippen LogP contribution in [0.4, 0.5) is 5.69 Å². The van der Waals surface area contributed by atoms with E-state index in [-0.39, 0.29) is 5.91 Å². The first kappa shape index (κ1) is 22.4.